The number of nitrogens with zero attached hydrogens (tertiary/aromatic N) is 1. The highest BCUT2D eigenvalue weighted by Gasteiger charge is 2.18. The second-order valence-corrected chi connectivity index (χ2v) is 6.07. The summed E-state index contributed by atoms with van der Waals surface area (Å²) in [5.41, 5.74) is 7.19. The van der Waals surface area contributed by atoms with Crippen molar-refractivity contribution in [3.8, 4) is 11.5 Å². The molecule has 0 aliphatic rings. The van der Waals surface area contributed by atoms with Gasteiger partial charge in [-0.15, -0.1) is 0 Å². The Hall–Kier alpha value is -2.17. The van der Waals surface area contributed by atoms with Crippen molar-refractivity contribution in [2.75, 3.05) is 20.0 Å². The Morgan fingerprint density at radius 1 is 1.00 bits per heavy atom. The number of aromatic nitrogens is 1. The molecule has 0 saturated heterocycles. The highest BCUT2D eigenvalue weighted by atomic mass is 16.5. The number of anilines is 1. The van der Waals surface area contributed by atoms with Crippen LogP contribution in [0.2, 0.25) is 0 Å². The highest BCUT2D eigenvalue weighted by Crippen LogP contribution is 2.33. The van der Waals surface area contributed by atoms with Gasteiger partial charge in [0.2, 0.25) is 5.75 Å². The predicted octanol–water partition coefficient (Wildman–Crippen LogP) is 3.96. The molecule has 0 aliphatic heterocycles. The molecule has 5 heteroatoms. The smallest absolute Gasteiger partial charge is 0.297 e. The molecule has 0 atom stereocenters. The van der Waals surface area contributed by atoms with Crippen LogP contribution in [0, 0.1) is 0 Å². The van der Waals surface area contributed by atoms with Crippen molar-refractivity contribution in [2.45, 2.75) is 52.0 Å². The van der Waals surface area contributed by atoms with Crippen molar-refractivity contribution in [1.29, 1.82) is 0 Å². The summed E-state index contributed by atoms with van der Waals surface area (Å²) in [6.45, 7) is 2.87. The molecule has 0 amide bonds. The summed E-state index contributed by atoms with van der Waals surface area (Å²) in [5.74, 6) is 0.720. The summed E-state index contributed by atoms with van der Waals surface area (Å²) in [5, 5.41) is 0.842. The number of pyridine rings is 1. The van der Waals surface area contributed by atoms with E-state index in [4.69, 9.17) is 15.2 Å². The Morgan fingerprint density at radius 3 is 2.33 bits per heavy atom. The number of hydrogen-bond acceptors (Lipinski definition) is 4. The average Bonchev–Trinajstić information content (AvgIpc) is 2.58. The maximum atomic E-state index is 12.8. The Kier molecular flexibility index (Phi) is 6.53. The Morgan fingerprint density at radius 2 is 1.67 bits per heavy atom. The van der Waals surface area contributed by atoms with E-state index < -0.39 is 0 Å². The molecule has 1 aromatic carbocycles. The first kappa shape index (κ1) is 18.2. The molecule has 0 unspecified atom stereocenters. The molecule has 0 saturated carbocycles. The van der Waals surface area contributed by atoms with E-state index in [1.54, 1.807) is 11.7 Å². The minimum Gasteiger partial charge on any atom is -0.492 e. The largest absolute Gasteiger partial charge is 0.492 e. The predicted molar refractivity (Wildman–Crippen MR) is 99.1 cm³/mol. The van der Waals surface area contributed by atoms with Gasteiger partial charge in [-0.2, -0.15) is 0 Å². The molecule has 2 rings (SSSR count). The number of hydrogen-bond donors (Lipinski definition) is 1. The Bertz CT molecular complexity index is 737. The van der Waals surface area contributed by atoms with Crippen LogP contribution in [-0.4, -0.2) is 18.8 Å². The SMILES string of the molecule is CCCCCCCCn1c(=O)c(OC)c(OC)c2ccc(N)cc21. The molecule has 1 aromatic heterocycles. The van der Waals surface area contributed by atoms with Gasteiger partial charge in [-0.3, -0.25) is 4.79 Å². The van der Waals surface area contributed by atoms with Gasteiger partial charge in [-0.1, -0.05) is 39.0 Å². The molecule has 132 valence electrons. The van der Waals surface area contributed by atoms with Crippen LogP contribution in [0.4, 0.5) is 5.69 Å². The first-order valence-electron chi connectivity index (χ1n) is 8.68. The average molecular weight is 332 g/mol. The number of benzene rings is 1. The third-order valence-corrected chi connectivity index (χ3v) is 4.35. The number of rotatable bonds is 9. The van der Waals surface area contributed by atoms with Crippen molar-refractivity contribution in [2.24, 2.45) is 0 Å². The van der Waals surface area contributed by atoms with Gasteiger partial charge in [-0.05, 0) is 24.6 Å². The topological polar surface area (TPSA) is 66.5 Å². The fourth-order valence-corrected chi connectivity index (χ4v) is 3.07. The number of nitrogen functional groups attached to an aromatic ring is 1. The second kappa shape index (κ2) is 8.62. The quantitative estimate of drug-likeness (QED) is 0.557. The highest BCUT2D eigenvalue weighted by molar-refractivity contribution is 5.90. The molecule has 5 nitrogen and oxygen atoms in total. The lowest BCUT2D eigenvalue weighted by molar-refractivity contribution is 0.350. The fourth-order valence-electron chi connectivity index (χ4n) is 3.07. The lowest BCUT2D eigenvalue weighted by Gasteiger charge is -2.16. The molecule has 1 heterocycles. The minimum atomic E-state index is -0.166. The Balaban J connectivity index is 2.35. The van der Waals surface area contributed by atoms with Gasteiger partial charge in [0.25, 0.3) is 5.56 Å². The van der Waals surface area contributed by atoms with Gasteiger partial charge in [-0.25, -0.2) is 0 Å². The van der Waals surface area contributed by atoms with Gasteiger partial charge < -0.3 is 19.8 Å². The van der Waals surface area contributed by atoms with Gasteiger partial charge in [0.05, 0.1) is 19.7 Å². The summed E-state index contributed by atoms with van der Waals surface area (Å²) in [4.78, 5) is 12.8. The number of ether oxygens (including phenoxy) is 2. The zero-order valence-electron chi connectivity index (χ0n) is 14.9. The van der Waals surface area contributed by atoms with E-state index in [1.807, 2.05) is 18.2 Å². The molecule has 0 bridgehead atoms. The molecule has 0 fully saturated rings. The van der Waals surface area contributed by atoms with Crippen LogP contribution in [0.5, 0.6) is 11.5 Å². The summed E-state index contributed by atoms with van der Waals surface area (Å²) in [6, 6.07) is 5.52. The molecule has 24 heavy (non-hydrogen) atoms. The third kappa shape index (κ3) is 3.83. The molecular formula is C19H28N2O3. The number of unbranched alkanes of at least 4 members (excludes halogenated alkanes) is 5. The van der Waals surface area contributed by atoms with Gasteiger partial charge in [0, 0.05) is 17.6 Å². The van der Waals surface area contributed by atoms with Crippen molar-refractivity contribution in [3.63, 3.8) is 0 Å². The molecule has 0 radical (unpaired) electrons. The summed E-state index contributed by atoms with van der Waals surface area (Å²) >= 11 is 0. The summed E-state index contributed by atoms with van der Waals surface area (Å²) in [7, 11) is 3.04. The van der Waals surface area contributed by atoms with Crippen molar-refractivity contribution >= 4 is 16.6 Å². The molecular weight excluding hydrogens is 304 g/mol. The van der Waals surface area contributed by atoms with Crippen LogP contribution in [0.15, 0.2) is 23.0 Å². The van der Waals surface area contributed by atoms with Gasteiger partial charge in [0.15, 0.2) is 5.75 Å². The van der Waals surface area contributed by atoms with E-state index in [0.717, 1.165) is 23.7 Å². The van der Waals surface area contributed by atoms with E-state index in [1.165, 1.54) is 32.8 Å². The zero-order valence-corrected chi connectivity index (χ0v) is 14.9. The maximum Gasteiger partial charge on any atom is 0.297 e. The van der Waals surface area contributed by atoms with Gasteiger partial charge in [0.1, 0.15) is 0 Å². The summed E-state index contributed by atoms with van der Waals surface area (Å²) < 4.78 is 12.5. The lowest BCUT2D eigenvalue weighted by atomic mass is 10.1. The molecule has 0 spiro atoms. The second-order valence-electron chi connectivity index (χ2n) is 6.07. The van der Waals surface area contributed by atoms with E-state index >= 15 is 0 Å². The maximum absolute atomic E-state index is 12.8. The first-order chi connectivity index (χ1) is 11.6. The van der Waals surface area contributed by atoms with E-state index in [0.29, 0.717) is 18.0 Å². The zero-order chi connectivity index (χ0) is 17.5. The number of methoxy groups -OCH3 is 2. The molecule has 2 N–H and O–H groups in total. The summed E-state index contributed by atoms with van der Waals surface area (Å²) in [6.07, 6.45) is 7.05. The first-order valence-corrected chi connectivity index (χ1v) is 8.68. The van der Waals surface area contributed by atoms with Crippen molar-refractivity contribution in [3.05, 3.63) is 28.6 Å². The van der Waals surface area contributed by atoms with Crippen molar-refractivity contribution < 1.29 is 9.47 Å². The number of fused-ring (bicyclic) bond motifs is 1. The van der Waals surface area contributed by atoms with Crippen molar-refractivity contribution in [1.82, 2.24) is 4.57 Å². The minimum absolute atomic E-state index is 0.166. The van der Waals surface area contributed by atoms with E-state index in [9.17, 15) is 4.79 Å². The standard InChI is InChI=1S/C19H28N2O3/c1-4-5-6-7-8-9-12-21-16-13-14(20)10-11-15(16)17(23-2)18(24-3)19(21)22/h10-11,13H,4-9,12,20H2,1-3H3. The van der Waals surface area contributed by atoms with Crippen LogP contribution in [0.25, 0.3) is 10.9 Å². The van der Waals surface area contributed by atoms with Crippen LogP contribution in [-0.2, 0) is 6.54 Å². The van der Waals surface area contributed by atoms with Crippen LogP contribution < -0.4 is 20.8 Å². The van der Waals surface area contributed by atoms with E-state index in [-0.39, 0.29) is 11.3 Å². The number of aryl methyl sites for hydroxylation is 1. The van der Waals surface area contributed by atoms with Gasteiger partial charge >= 0.3 is 0 Å². The lowest BCUT2D eigenvalue weighted by Crippen LogP contribution is -2.23. The monoisotopic (exact) mass is 332 g/mol. The van der Waals surface area contributed by atoms with Crippen LogP contribution in [0.1, 0.15) is 45.4 Å². The van der Waals surface area contributed by atoms with Crippen LogP contribution in [0.3, 0.4) is 0 Å². The number of nitrogens with two attached hydrogens (primary N) is 1. The van der Waals surface area contributed by atoms with Crippen LogP contribution >= 0.6 is 0 Å². The third-order valence-electron chi connectivity index (χ3n) is 4.35. The molecule has 2 aromatic rings. The normalized spacial score (nSPS) is 11.0. The fraction of sp³-hybridized carbons (Fsp3) is 0.526. The Labute approximate surface area is 143 Å². The van der Waals surface area contributed by atoms with E-state index in [2.05, 4.69) is 6.92 Å². The molecule has 0 aliphatic carbocycles.